The highest BCUT2D eigenvalue weighted by molar-refractivity contribution is 5.68. The van der Waals surface area contributed by atoms with E-state index >= 15 is 0 Å². The molecule has 5 heteroatoms. The molecule has 1 heterocycles. The van der Waals surface area contributed by atoms with Gasteiger partial charge >= 0.3 is 6.09 Å². The Morgan fingerprint density at radius 3 is 2.04 bits per heavy atom. The Kier molecular flexibility index (Phi) is 4.51. The Hall–Kier alpha value is -1.91. The van der Waals surface area contributed by atoms with Gasteiger partial charge in [-0.1, -0.05) is 53.7 Å². The van der Waals surface area contributed by atoms with Gasteiger partial charge in [-0.15, -0.1) is 0 Å². The van der Waals surface area contributed by atoms with Crippen molar-refractivity contribution >= 4 is 11.8 Å². The molecule has 1 aromatic rings. The number of aromatic hydroxyl groups is 1. The van der Waals surface area contributed by atoms with Crippen LogP contribution in [-0.2, 0) is 0 Å². The molecule has 0 atom stereocenters. The topological polar surface area (TPSA) is 64.0 Å². The number of anilines is 1. The van der Waals surface area contributed by atoms with Crippen LogP contribution in [0.4, 0.5) is 10.5 Å². The maximum Gasteiger partial charge on any atom is 0.407 e. The van der Waals surface area contributed by atoms with Crippen LogP contribution in [0.3, 0.4) is 0 Å². The molecule has 1 fully saturated rings. The lowest BCUT2D eigenvalue weighted by Crippen LogP contribution is -2.74. The maximum atomic E-state index is 12.0. The van der Waals surface area contributed by atoms with Crippen LogP contribution in [-0.4, -0.2) is 46.4 Å². The first-order chi connectivity index (χ1) is 10.9. The average molecular weight is 334 g/mol. The average Bonchev–Trinajstić information content (AvgIpc) is 2.44. The van der Waals surface area contributed by atoms with Crippen LogP contribution < -0.4 is 4.90 Å². The molecule has 0 spiro atoms. The van der Waals surface area contributed by atoms with Gasteiger partial charge in [0.2, 0.25) is 0 Å². The van der Waals surface area contributed by atoms with Gasteiger partial charge < -0.3 is 15.1 Å². The van der Waals surface area contributed by atoms with E-state index in [0.29, 0.717) is 19.6 Å². The molecule has 5 nitrogen and oxygen atoms in total. The molecule has 0 radical (unpaired) electrons. The van der Waals surface area contributed by atoms with E-state index in [1.54, 1.807) is 17.0 Å². The van der Waals surface area contributed by atoms with Gasteiger partial charge in [0.1, 0.15) is 5.75 Å². The van der Waals surface area contributed by atoms with Crippen LogP contribution in [0.25, 0.3) is 0 Å². The lowest BCUT2D eigenvalue weighted by molar-refractivity contribution is -0.0776. The molecule has 134 valence electrons. The number of hydrogen-bond donors (Lipinski definition) is 2. The number of carbonyl (C=O) groups is 1. The molecule has 1 saturated heterocycles. The van der Waals surface area contributed by atoms with E-state index in [4.69, 9.17) is 0 Å². The van der Waals surface area contributed by atoms with Crippen molar-refractivity contribution in [2.24, 2.45) is 10.8 Å². The van der Waals surface area contributed by atoms with E-state index in [9.17, 15) is 15.0 Å². The van der Waals surface area contributed by atoms with Crippen molar-refractivity contribution in [3.05, 3.63) is 24.3 Å². The number of piperazine rings is 1. The number of rotatable bonds is 1. The van der Waals surface area contributed by atoms with E-state index in [2.05, 4.69) is 46.4 Å². The minimum absolute atomic E-state index is 0.234. The predicted octanol–water partition coefficient (Wildman–Crippen LogP) is 4.02. The predicted molar refractivity (Wildman–Crippen MR) is 96.7 cm³/mol. The Morgan fingerprint density at radius 2 is 1.58 bits per heavy atom. The maximum absolute atomic E-state index is 12.0. The Balaban J connectivity index is 2.58. The van der Waals surface area contributed by atoms with Crippen molar-refractivity contribution in [2.45, 2.75) is 47.1 Å². The molecule has 1 amide bonds. The number of nitrogens with zero attached hydrogens (tertiary/aromatic N) is 2. The van der Waals surface area contributed by atoms with Gasteiger partial charge in [0.25, 0.3) is 0 Å². The first-order valence-electron chi connectivity index (χ1n) is 8.45. The monoisotopic (exact) mass is 334 g/mol. The molecule has 2 N–H and O–H groups in total. The van der Waals surface area contributed by atoms with Crippen molar-refractivity contribution in [2.75, 3.05) is 24.5 Å². The van der Waals surface area contributed by atoms with Crippen LogP contribution in [0.2, 0.25) is 0 Å². The molecule has 0 unspecified atom stereocenters. The standard InChI is InChI=1S/C19H30N2O3/c1-17(2,3)19(18(4,5)6)13-20(11-12-21(19)16(23)24)14-9-7-8-10-15(14)22/h7-10,22H,11-13H2,1-6H3,(H,23,24). The fourth-order valence-electron chi connectivity index (χ4n) is 4.46. The summed E-state index contributed by atoms with van der Waals surface area (Å²) in [6.45, 7) is 14.1. The van der Waals surface area contributed by atoms with E-state index in [0.717, 1.165) is 5.69 Å². The zero-order valence-electron chi connectivity index (χ0n) is 15.6. The zero-order chi connectivity index (χ0) is 18.3. The second-order valence-corrected chi connectivity index (χ2v) is 8.70. The Labute approximate surface area is 144 Å². The van der Waals surface area contributed by atoms with Crippen molar-refractivity contribution in [3.63, 3.8) is 0 Å². The van der Waals surface area contributed by atoms with Gasteiger partial charge in [0, 0.05) is 19.6 Å². The normalized spacial score (nSPS) is 18.6. The Bertz CT molecular complexity index is 600. The lowest BCUT2D eigenvalue weighted by atomic mass is 9.58. The van der Waals surface area contributed by atoms with Crippen molar-refractivity contribution in [1.82, 2.24) is 4.90 Å². The van der Waals surface area contributed by atoms with Gasteiger partial charge in [-0.05, 0) is 23.0 Å². The number of amides is 1. The van der Waals surface area contributed by atoms with E-state index in [1.165, 1.54) is 0 Å². The van der Waals surface area contributed by atoms with Crippen LogP contribution in [0.5, 0.6) is 5.75 Å². The van der Waals surface area contributed by atoms with Gasteiger partial charge in [0.15, 0.2) is 0 Å². The minimum atomic E-state index is -0.878. The van der Waals surface area contributed by atoms with Crippen LogP contribution in [0, 0.1) is 10.8 Å². The van der Waals surface area contributed by atoms with Gasteiger partial charge in [-0.2, -0.15) is 0 Å². The smallest absolute Gasteiger partial charge is 0.407 e. The SMILES string of the molecule is CC(C)(C)C1(C(C)(C)C)CN(c2ccccc2O)CCN1C(=O)O. The highest BCUT2D eigenvalue weighted by atomic mass is 16.4. The summed E-state index contributed by atoms with van der Waals surface area (Å²) in [6, 6.07) is 7.26. The summed E-state index contributed by atoms with van der Waals surface area (Å²) in [4.78, 5) is 15.8. The van der Waals surface area contributed by atoms with Gasteiger partial charge in [-0.3, -0.25) is 4.90 Å². The van der Waals surface area contributed by atoms with Crippen LogP contribution in [0.15, 0.2) is 24.3 Å². The van der Waals surface area contributed by atoms with Crippen molar-refractivity contribution < 1.29 is 15.0 Å². The van der Waals surface area contributed by atoms with E-state index < -0.39 is 11.6 Å². The summed E-state index contributed by atoms with van der Waals surface area (Å²) < 4.78 is 0. The summed E-state index contributed by atoms with van der Waals surface area (Å²) >= 11 is 0. The molecular weight excluding hydrogens is 304 g/mol. The van der Waals surface area contributed by atoms with Crippen LogP contribution in [0.1, 0.15) is 41.5 Å². The third-order valence-corrected chi connectivity index (χ3v) is 5.41. The third kappa shape index (κ3) is 2.80. The molecule has 0 saturated carbocycles. The first kappa shape index (κ1) is 18.4. The number of phenolic OH excluding ortho intramolecular Hbond substituents is 1. The summed E-state index contributed by atoms with van der Waals surface area (Å²) in [6.07, 6.45) is -0.878. The largest absolute Gasteiger partial charge is 0.506 e. The Morgan fingerprint density at radius 1 is 1.04 bits per heavy atom. The highest BCUT2D eigenvalue weighted by Crippen LogP contribution is 2.51. The van der Waals surface area contributed by atoms with Gasteiger partial charge in [-0.25, -0.2) is 4.79 Å². The number of phenols is 1. The summed E-state index contributed by atoms with van der Waals surface area (Å²) in [5.74, 6) is 0.234. The summed E-state index contributed by atoms with van der Waals surface area (Å²) in [5.41, 5.74) is -0.369. The second kappa shape index (κ2) is 5.87. The summed E-state index contributed by atoms with van der Waals surface area (Å²) in [7, 11) is 0. The fraction of sp³-hybridized carbons (Fsp3) is 0.632. The zero-order valence-corrected chi connectivity index (χ0v) is 15.6. The third-order valence-electron chi connectivity index (χ3n) is 5.41. The van der Waals surface area contributed by atoms with Gasteiger partial charge in [0.05, 0.1) is 11.2 Å². The molecule has 1 aliphatic rings. The minimum Gasteiger partial charge on any atom is -0.506 e. The quantitative estimate of drug-likeness (QED) is 0.814. The first-order valence-corrected chi connectivity index (χ1v) is 8.45. The van der Waals surface area contributed by atoms with Crippen molar-refractivity contribution in [1.29, 1.82) is 0 Å². The fourth-order valence-corrected chi connectivity index (χ4v) is 4.46. The molecule has 2 rings (SSSR count). The van der Waals surface area contributed by atoms with E-state index in [1.807, 2.05) is 12.1 Å². The lowest BCUT2D eigenvalue weighted by Gasteiger charge is -2.62. The molecule has 0 aromatic heterocycles. The number of hydrogen-bond acceptors (Lipinski definition) is 3. The molecule has 0 bridgehead atoms. The van der Waals surface area contributed by atoms with Crippen LogP contribution >= 0.6 is 0 Å². The van der Waals surface area contributed by atoms with E-state index in [-0.39, 0.29) is 16.6 Å². The number of carboxylic acid groups (broad SMARTS) is 1. The second-order valence-electron chi connectivity index (χ2n) is 8.70. The number of para-hydroxylation sites is 2. The van der Waals surface area contributed by atoms with Crippen molar-refractivity contribution in [3.8, 4) is 5.75 Å². The molecule has 24 heavy (non-hydrogen) atoms. The molecule has 0 aliphatic carbocycles. The summed E-state index contributed by atoms with van der Waals surface area (Å²) in [5, 5.41) is 20.1. The molecule has 1 aliphatic heterocycles. The highest BCUT2D eigenvalue weighted by Gasteiger charge is 2.58. The molecule has 1 aromatic carbocycles. The number of benzene rings is 1. The molecular formula is C19H30N2O3.